The molecule has 0 saturated carbocycles. The minimum Gasteiger partial charge on any atom is -0.370 e. The molecule has 19 heavy (non-hydrogen) atoms. The molecule has 106 valence electrons. The van der Waals surface area contributed by atoms with Crippen LogP contribution in [-0.2, 0) is 14.8 Å². The monoisotopic (exact) mass is 287 g/mol. The third kappa shape index (κ3) is 3.13. The van der Waals surface area contributed by atoms with Crippen molar-refractivity contribution in [2.24, 2.45) is 0 Å². The third-order valence-electron chi connectivity index (χ3n) is 2.99. The predicted molar refractivity (Wildman–Crippen MR) is 69.8 cm³/mol. The number of sulfonamides is 1. The van der Waals surface area contributed by atoms with E-state index in [9.17, 15) is 12.8 Å². The van der Waals surface area contributed by atoms with Crippen molar-refractivity contribution in [2.75, 3.05) is 13.1 Å². The molecule has 4 nitrogen and oxygen atoms in total. The molecule has 1 atom stereocenters. The fourth-order valence-corrected chi connectivity index (χ4v) is 4.00. The van der Waals surface area contributed by atoms with Crippen LogP contribution >= 0.6 is 0 Å². The highest BCUT2D eigenvalue weighted by Gasteiger charge is 2.37. The normalized spacial score (nSPS) is 24.3. The number of benzene rings is 1. The number of morpholine rings is 1. The van der Waals surface area contributed by atoms with Gasteiger partial charge in [-0.15, -0.1) is 0 Å². The zero-order valence-corrected chi connectivity index (χ0v) is 12.1. The van der Waals surface area contributed by atoms with E-state index in [4.69, 9.17) is 4.74 Å². The average Bonchev–Trinajstić information content (AvgIpc) is 2.26. The van der Waals surface area contributed by atoms with Gasteiger partial charge in [-0.25, -0.2) is 12.8 Å². The number of ether oxygens (including phenoxy) is 1. The van der Waals surface area contributed by atoms with Crippen molar-refractivity contribution in [3.8, 4) is 0 Å². The van der Waals surface area contributed by atoms with Gasteiger partial charge in [0.2, 0.25) is 10.0 Å². The Morgan fingerprint density at radius 3 is 2.42 bits per heavy atom. The molecule has 1 aromatic carbocycles. The Bertz CT molecular complexity index is 554. The highest BCUT2D eigenvalue weighted by atomic mass is 32.2. The van der Waals surface area contributed by atoms with Crippen LogP contribution in [0.2, 0.25) is 0 Å². The molecule has 0 bridgehead atoms. The quantitative estimate of drug-likeness (QED) is 0.836. The van der Waals surface area contributed by atoms with Crippen molar-refractivity contribution in [1.29, 1.82) is 0 Å². The van der Waals surface area contributed by atoms with Crippen LogP contribution in [0.5, 0.6) is 0 Å². The van der Waals surface area contributed by atoms with Gasteiger partial charge in [-0.2, -0.15) is 4.31 Å². The van der Waals surface area contributed by atoms with Crippen molar-refractivity contribution in [1.82, 2.24) is 4.31 Å². The lowest BCUT2D eigenvalue weighted by Gasteiger charge is -2.40. The van der Waals surface area contributed by atoms with Gasteiger partial charge in [0, 0.05) is 13.1 Å². The Balaban J connectivity index is 2.31. The first-order valence-corrected chi connectivity index (χ1v) is 7.58. The van der Waals surface area contributed by atoms with E-state index >= 15 is 0 Å². The number of halogens is 1. The summed E-state index contributed by atoms with van der Waals surface area (Å²) >= 11 is 0. The topological polar surface area (TPSA) is 46.6 Å². The van der Waals surface area contributed by atoms with E-state index in [2.05, 4.69) is 0 Å². The van der Waals surface area contributed by atoms with E-state index in [1.165, 1.54) is 16.4 Å². The minimum atomic E-state index is -3.60. The van der Waals surface area contributed by atoms with Crippen molar-refractivity contribution in [3.63, 3.8) is 0 Å². The number of hydrogen-bond donors (Lipinski definition) is 0. The first-order valence-electron chi connectivity index (χ1n) is 6.14. The van der Waals surface area contributed by atoms with Crippen molar-refractivity contribution in [3.05, 3.63) is 30.1 Å². The first-order chi connectivity index (χ1) is 8.71. The highest BCUT2D eigenvalue weighted by Crippen LogP contribution is 2.26. The van der Waals surface area contributed by atoms with Crippen molar-refractivity contribution < 1.29 is 17.5 Å². The second kappa shape index (κ2) is 4.85. The lowest BCUT2D eigenvalue weighted by Crippen LogP contribution is -2.53. The molecule has 0 radical (unpaired) electrons. The van der Waals surface area contributed by atoms with Gasteiger partial charge in [0.15, 0.2) is 0 Å². The molecule has 1 aliphatic rings. The lowest BCUT2D eigenvalue weighted by molar-refractivity contribution is -0.109. The molecule has 0 aliphatic carbocycles. The van der Waals surface area contributed by atoms with E-state index in [0.29, 0.717) is 6.54 Å². The Morgan fingerprint density at radius 2 is 1.89 bits per heavy atom. The summed E-state index contributed by atoms with van der Waals surface area (Å²) in [7, 11) is -3.60. The Morgan fingerprint density at radius 1 is 1.32 bits per heavy atom. The van der Waals surface area contributed by atoms with Crippen LogP contribution in [0.3, 0.4) is 0 Å². The number of rotatable bonds is 2. The van der Waals surface area contributed by atoms with Gasteiger partial charge < -0.3 is 4.74 Å². The number of hydrogen-bond acceptors (Lipinski definition) is 3. The molecule has 1 heterocycles. The SMILES string of the molecule is CC1CN(S(=O)(=O)c2ccc(F)cc2)CC(C)(C)O1. The molecular weight excluding hydrogens is 269 g/mol. The zero-order valence-electron chi connectivity index (χ0n) is 11.3. The Hall–Kier alpha value is -0.980. The fraction of sp³-hybridized carbons (Fsp3) is 0.538. The summed E-state index contributed by atoms with van der Waals surface area (Å²) in [4.78, 5) is 0.110. The first kappa shape index (κ1) is 14.4. The van der Waals surface area contributed by atoms with Crippen LogP contribution in [-0.4, -0.2) is 37.5 Å². The minimum absolute atomic E-state index is 0.110. The largest absolute Gasteiger partial charge is 0.370 e. The van der Waals surface area contributed by atoms with Crippen molar-refractivity contribution >= 4 is 10.0 Å². The molecule has 2 rings (SSSR count). The van der Waals surface area contributed by atoms with E-state index in [1.54, 1.807) is 0 Å². The summed E-state index contributed by atoms with van der Waals surface area (Å²) < 4.78 is 44.9. The van der Waals surface area contributed by atoms with E-state index in [-0.39, 0.29) is 17.5 Å². The average molecular weight is 287 g/mol. The summed E-state index contributed by atoms with van der Waals surface area (Å²) in [5.41, 5.74) is -0.523. The molecule has 1 aliphatic heterocycles. The van der Waals surface area contributed by atoms with E-state index in [1.807, 2.05) is 20.8 Å². The molecule has 1 aromatic rings. The predicted octanol–water partition coefficient (Wildman–Crippen LogP) is 2.01. The van der Waals surface area contributed by atoms with Crippen LogP contribution in [0.25, 0.3) is 0 Å². The molecule has 1 fully saturated rings. The fourth-order valence-electron chi connectivity index (χ4n) is 2.33. The van der Waals surface area contributed by atoms with Gasteiger partial charge in [0.1, 0.15) is 5.82 Å². The lowest BCUT2D eigenvalue weighted by atomic mass is 10.1. The van der Waals surface area contributed by atoms with Crippen LogP contribution in [0.15, 0.2) is 29.2 Å². The number of nitrogens with zero attached hydrogens (tertiary/aromatic N) is 1. The summed E-state index contributed by atoms with van der Waals surface area (Å²) in [6, 6.07) is 4.89. The summed E-state index contributed by atoms with van der Waals surface area (Å²) in [5, 5.41) is 0. The summed E-state index contributed by atoms with van der Waals surface area (Å²) in [6.07, 6.45) is -0.168. The van der Waals surface area contributed by atoms with Crippen LogP contribution in [0.4, 0.5) is 4.39 Å². The molecule has 0 N–H and O–H groups in total. The molecule has 0 amide bonds. The second-order valence-corrected chi connectivity index (χ2v) is 7.38. The van der Waals surface area contributed by atoms with Crippen LogP contribution in [0, 0.1) is 5.82 Å². The standard InChI is InChI=1S/C13H18FNO3S/c1-10-8-15(9-13(2,3)18-10)19(16,17)12-6-4-11(14)5-7-12/h4-7,10H,8-9H2,1-3H3. The highest BCUT2D eigenvalue weighted by molar-refractivity contribution is 7.89. The molecule has 0 spiro atoms. The van der Waals surface area contributed by atoms with E-state index in [0.717, 1.165) is 12.1 Å². The molecule has 1 unspecified atom stereocenters. The second-order valence-electron chi connectivity index (χ2n) is 5.44. The smallest absolute Gasteiger partial charge is 0.243 e. The Kier molecular flexibility index (Phi) is 3.68. The van der Waals surface area contributed by atoms with Gasteiger partial charge in [-0.05, 0) is 45.0 Å². The molecule has 1 saturated heterocycles. The maximum absolute atomic E-state index is 12.9. The van der Waals surface area contributed by atoms with E-state index < -0.39 is 21.4 Å². The van der Waals surface area contributed by atoms with Gasteiger partial charge in [0.05, 0.1) is 16.6 Å². The van der Waals surface area contributed by atoms with Crippen molar-refractivity contribution in [2.45, 2.75) is 37.4 Å². The molecular formula is C13H18FNO3S. The Labute approximate surface area is 113 Å². The van der Waals surface area contributed by atoms with Gasteiger partial charge in [0.25, 0.3) is 0 Å². The molecule has 6 heteroatoms. The van der Waals surface area contributed by atoms with Gasteiger partial charge in [-0.1, -0.05) is 0 Å². The van der Waals surface area contributed by atoms with Gasteiger partial charge in [-0.3, -0.25) is 0 Å². The molecule has 0 aromatic heterocycles. The third-order valence-corrected chi connectivity index (χ3v) is 4.82. The van der Waals surface area contributed by atoms with Crippen LogP contribution in [0.1, 0.15) is 20.8 Å². The maximum Gasteiger partial charge on any atom is 0.243 e. The zero-order chi connectivity index (χ0) is 14.3. The van der Waals surface area contributed by atoms with Crippen LogP contribution < -0.4 is 0 Å². The summed E-state index contributed by atoms with van der Waals surface area (Å²) in [6.45, 7) is 6.15. The summed E-state index contributed by atoms with van der Waals surface area (Å²) in [5.74, 6) is -0.449. The van der Waals surface area contributed by atoms with Gasteiger partial charge >= 0.3 is 0 Å². The maximum atomic E-state index is 12.9.